The number of hydrogen-bond acceptors (Lipinski definition) is 0. The first-order chi connectivity index (χ1) is 1.73. The lowest BCUT2D eigenvalue weighted by Gasteiger charge is -1.63. The predicted octanol–water partition coefficient (Wildman–Crippen LogP) is 1.78. The monoisotopic (exact) mass is 259 g/mol. The molecule has 0 bridgehead atoms. The molecule has 0 heterocycles. The Morgan fingerprint density at radius 1 is 1.00 bits per heavy atom. The molecule has 0 N–H and O–H groups in total. The molecule has 0 aromatic carbocycles. The van der Waals surface area contributed by atoms with E-state index in [0.29, 0.717) is 0 Å². The van der Waals surface area contributed by atoms with Gasteiger partial charge in [-0.2, -0.15) is 0 Å². The molecule has 0 rings (SSSR count). The van der Waals surface area contributed by atoms with Gasteiger partial charge in [0.05, 0.1) is 0 Å². The summed E-state index contributed by atoms with van der Waals surface area (Å²) in [5.74, 6) is 0. The molecule has 0 unspecified atom stereocenters. The molecule has 0 aliphatic rings. The molecule has 0 saturated carbocycles. The van der Waals surface area contributed by atoms with Crippen molar-refractivity contribution in [2.45, 2.75) is 0 Å². The Morgan fingerprint density at radius 2 is 1.00 bits per heavy atom. The van der Waals surface area contributed by atoms with Gasteiger partial charge in [-0.05, 0) is 0 Å². The topological polar surface area (TPSA) is 0 Å². The van der Waals surface area contributed by atoms with E-state index < -0.39 is 0 Å². The van der Waals surface area contributed by atoms with Crippen LogP contribution < -0.4 is 0 Å². The first-order valence-corrected chi connectivity index (χ1v) is 3.40. The maximum Gasteiger partial charge on any atom is 0.369 e. The molecule has 5 heavy (non-hydrogen) atoms. The van der Waals surface area contributed by atoms with E-state index in [9.17, 15) is 0 Å². The smallest absolute Gasteiger partial charge is 0.123 e. The van der Waals surface area contributed by atoms with Gasteiger partial charge in [0, 0.05) is 8.41 Å². The number of hydrogen-bond donors (Lipinski definition) is 0. The van der Waals surface area contributed by atoms with Crippen LogP contribution in [-0.4, -0.2) is 11.6 Å². The van der Waals surface area contributed by atoms with Gasteiger partial charge in [-0.3, -0.25) is 0 Å². The predicted molar refractivity (Wildman–Crippen MR) is 38.3 cm³/mol. The normalized spacial score (nSPS) is 5.40. The molecular weight excluding hydrogens is 261 g/mol. The first kappa shape index (κ1) is 9.76. The molecule has 0 aromatic heterocycles. The second-order valence-corrected chi connectivity index (χ2v) is 6.68. The molecule has 3 radical (unpaired) electrons. The summed E-state index contributed by atoms with van der Waals surface area (Å²) in [6, 6.07) is 0. The Morgan fingerprint density at radius 3 is 1.00 bits per heavy atom. The third-order valence-electron chi connectivity index (χ3n) is 0. The van der Waals surface area contributed by atoms with Gasteiger partial charge in [0.15, 0.2) is 0 Å². The molecule has 0 nitrogen and oxygen atoms in total. The highest BCUT2D eigenvalue weighted by atomic mass is 79.9. The van der Waals surface area contributed by atoms with E-state index in [2.05, 4.69) is 47.3 Å². The van der Waals surface area contributed by atoms with E-state index in [1.54, 1.807) is 0 Å². The zero-order valence-electron chi connectivity index (χ0n) is 2.29. The Bertz CT molecular complexity index is 9.61. The van der Waals surface area contributed by atoms with Gasteiger partial charge in [0.25, 0.3) is 0 Å². The lowest BCUT2D eigenvalue weighted by atomic mass is 10.8. The van der Waals surface area contributed by atoms with Crippen LogP contribution in [0.4, 0.5) is 0 Å². The van der Waals surface area contributed by atoms with Gasteiger partial charge in [0.2, 0.25) is 0 Å². The average molecular weight is 261 g/mol. The highest BCUT2D eigenvalue weighted by Crippen LogP contribution is 2.07. The van der Waals surface area contributed by atoms with E-state index >= 15 is 0 Å². The van der Waals surface area contributed by atoms with Crippen molar-refractivity contribution in [1.82, 2.24) is 0 Å². The van der Waals surface area contributed by atoms with Crippen molar-refractivity contribution in [2.75, 3.05) is 0 Å². The largest absolute Gasteiger partial charge is 0.369 e. The minimum absolute atomic E-state index is 0. The van der Waals surface area contributed by atoms with Crippen LogP contribution in [0.3, 0.4) is 0 Å². The van der Waals surface area contributed by atoms with Crippen LogP contribution in [0, 0.1) is 0 Å². The fourth-order valence-electron chi connectivity index (χ4n) is 0. The fourth-order valence-corrected chi connectivity index (χ4v) is 0. The average Bonchev–Trinajstić information content (AvgIpc) is 0.811. The molecule has 0 saturated heterocycles. The molecule has 0 spiro atoms. The van der Waals surface area contributed by atoms with Crippen LogP contribution in [0.25, 0.3) is 0 Å². The van der Waals surface area contributed by atoms with Crippen molar-refractivity contribution in [3.05, 3.63) is 0 Å². The highest BCUT2D eigenvalue weighted by molar-refractivity contribution is 9.69. The van der Waals surface area contributed by atoms with Crippen LogP contribution in [0.1, 0.15) is 0 Å². The Hall–Kier alpha value is 1.57. The van der Waals surface area contributed by atoms with E-state index in [4.69, 9.17) is 0 Å². The van der Waals surface area contributed by atoms with Gasteiger partial charge in [-0.15, -0.1) is 47.3 Å². The standard InChI is InChI=1S/BBr3.B/c2-1(3)4;. The molecule has 0 atom stereocenters. The van der Waals surface area contributed by atoms with E-state index in [-0.39, 0.29) is 11.6 Å². The second kappa shape index (κ2) is 5.57. The van der Waals surface area contributed by atoms with Gasteiger partial charge >= 0.3 is 3.18 Å². The molecule has 5 heteroatoms. The van der Waals surface area contributed by atoms with Gasteiger partial charge in [-0.25, -0.2) is 0 Å². The summed E-state index contributed by atoms with van der Waals surface area (Å²) in [4.78, 5) is 0. The lowest BCUT2D eigenvalue weighted by molar-refractivity contribution is 4.99. The summed E-state index contributed by atoms with van der Waals surface area (Å²) in [6.45, 7) is 0. The summed E-state index contributed by atoms with van der Waals surface area (Å²) in [6.07, 6.45) is 0. The van der Waals surface area contributed by atoms with E-state index in [1.165, 1.54) is 0 Å². The third-order valence-corrected chi connectivity index (χ3v) is 0. The summed E-state index contributed by atoms with van der Waals surface area (Å²) in [5.41, 5.74) is 0. The molecule has 27 valence electrons. The quantitative estimate of drug-likeness (QED) is 0.583. The minimum atomic E-state index is 0. The van der Waals surface area contributed by atoms with Crippen molar-refractivity contribution >= 4 is 58.9 Å². The zero-order valence-corrected chi connectivity index (χ0v) is 7.05. The molecule has 0 aliphatic carbocycles. The van der Waals surface area contributed by atoms with E-state index in [0.717, 1.165) is 0 Å². The summed E-state index contributed by atoms with van der Waals surface area (Å²) in [5, 5.41) is 0. The molecule has 0 aromatic rings. The molecular formula is B2Br3. The van der Waals surface area contributed by atoms with Crippen LogP contribution in [0.2, 0.25) is 0 Å². The van der Waals surface area contributed by atoms with E-state index in [1.807, 2.05) is 0 Å². The summed E-state index contributed by atoms with van der Waals surface area (Å²) >= 11 is 9.31. The second-order valence-electron chi connectivity index (χ2n) is 0.247. The SMILES string of the molecule is BrB(Br)Br.[B]. The number of halogens is 3. The van der Waals surface area contributed by atoms with Crippen LogP contribution in [0.15, 0.2) is 0 Å². The maximum atomic E-state index is 3.10. The van der Waals surface area contributed by atoms with Crippen molar-refractivity contribution in [3.63, 3.8) is 0 Å². The van der Waals surface area contributed by atoms with Gasteiger partial charge in [0.1, 0.15) is 0 Å². The summed E-state index contributed by atoms with van der Waals surface area (Å²) in [7, 11) is 0. The molecule has 0 fully saturated rings. The first-order valence-electron chi connectivity index (χ1n) is 0.655. The summed E-state index contributed by atoms with van der Waals surface area (Å²) < 4.78 is 0.271. The van der Waals surface area contributed by atoms with Crippen LogP contribution in [0.5, 0.6) is 0 Å². The maximum absolute atomic E-state index is 3.10. The van der Waals surface area contributed by atoms with Crippen molar-refractivity contribution < 1.29 is 0 Å². The fraction of sp³-hybridized carbons (Fsp3) is 0. The minimum Gasteiger partial charge on any atom is -0.123 e. The molecule has 0 aliphatic heterocycles. The van der Waals surface area contributed by atoms with Crippen molar-refractivity contribution in [2.24, 2.45) is 0 Å². The van der Waals surface area contributed by atoms with Crippen LogP contribution in [-0.2, 0) is 0 Å². The highest BCUT2D eigenvalue weighted by Gasteiger charge is 1.87. The van der Waals surface area contributed by atoms with Gasteiger partial charge in [-0.1, -0.05) is 0 Å². The third kappa shape index (κ3) is 28.8. The Labute approximate surface area is 58.6 Å². The van der Waals surface area contributed by atoms with Crippen LogP contribution >= 0.6 is 47.3 Å². The Kier molecular flexibility index (Phi) is 10.9. The van der Waals surface area contributed by atoms with Crippen molar-refractivity contribution in [3.8, 4) is 0 Å². The Balaban J connectivity index is 0. The number of rotatable bonds is 0. The zero-order chi connectivity index (χ0) is 3.58. The molecule has 0 amide bonds. The lowest BCUT2D eigenvalue weighted by Crippen LogP contribution is -1.60. The van der Waals surface area contributed by atoms with Crippen molar-refractivity contribution in [1.29, 1.82) is 0 Å². The van der Waals surface area contributed by atoms with Gasteiger partial charge < -0.3 is 0 Å².